The maximum atomic E-state index is 10.3. The average Bonchev–Trinajstić information content (AvgIpc) is 2.70. The lowest BCUT2D eigenvalue weighted by molar-refractivity contribution is 0.0382. The van der Waals surface area contributed by atoms with Crippen LogP contribution >= 0.6 is 0 Å². The minimum absolute atomic E-state index is 0.621. The second-order valence-corrected chi connectivity index (χ2v) is 4.01. The molecule has 0 aliphatic carbocycles. The zero-order valence-corrected chi connectivity index (χ0v) is 9.93. The number of hydrogen-bond acceptors (Lipinski definition) is 5. The molecule has 1 aliphatic heterocycles. The summed E-state index contributed by atoms with van der Waals surface area (Å²) < 4.78 is 7.05. The van der Waals surface area contributed by atoms with Gasteiger partial charge in [-0.05, 0) is 0 Å². The first-order valence-corrected chi connectivity index (χ1v) is 5.70. The van der Waals surface area contributed by atoms with E-state index in [1.807, 2.05) is 7.05 Å². The van der Waals surface area contributed by atoms with Crippen LogP contribution in [0.25, 0.3) is 0 Å². The molecule has 0 N–H and O–H groups in total. The summed E-state index contributed by atoms with van der Waals surface area (Å²) in [5.74, 6) is 0. The molecule has 0 saturated carbocycles. The molecule has 0 radical (unpaired) electrons. The summed E-state index contributed by atoms with van der Waals surface area (Å²) in [7, 11) is 1.86. The van der Waals surface area contributed by atoms with E-state index in [0.717, 1.165) is 45.0 Å². The highest BCUT2D eigenvalue weighted by Gasteiger charge is 2.13. The normalized spacial score (nSPS) is 16.8. The molecule has 1 fully saturated rings. The number of hydrogen-bond donors (Lipinski definition) is 0. The fraction of sp³-hybridized carbons (Fsp3) is 0.636. The van der Waals surface area contributed by atoms with Crippen LogP contribution in [0.4, 0.5) is 5.69 Å². The number of nitrogens with zero attached hydrogens (tertiary/aromatic N) is 4. The van der Waals surface area contributed by atoms with Crippen molar-refractivity contribution in [3.63, 3.8) is 0 Å². The molecule has 1 aromatic rings. The van der Waals surface area contributed by atoms with E-state index in [9.17, 15) is 4.79 Å². The third-order valence-electron chi connectivity index (χ3n) is 2.97. The summed E-state index contributed by atoms with van der Waals surface area (Å²) in [6.45, 7) is 4.45. The van der Waals surface area contributed by atoms with Crippen LogP contribution in [0.3, 0.4) is 0 Å². The molecule has 0 atom stereocenters. The van der Waals surface area contributed by atoms with Gasteiger partial charge < -0.3 is 4.74 Å². The van der Waals surface area contributed by atoms with Gasteiger partial charge in [-0.3, -0.25) is 9.58 Å². The van der Waals surface area contributed by atoms with Crippen LogP contribution in [0, 0.1) is 0 Å². The van der Waals surface area contributed by atoms with Crippen molar-refractivity contribution in [1.29, 1.82) is 0 Å². The Morgan fingerprint density at radius 1 is 1.53 bits per heavy atom. The molecule has 6 nitrogen and oxygen atoms in total. The van der Waals surface area contributed by atoms with Crippen LogP contribution < -0.4 is 0 Å². The van der Waals surface area contributed by atoms with Crippen LogP contribution in [0.15, 0.2) is 11.2 Å². The van der Waals surface area contributed by atoms with Gasteiger partial charge in [-0.25, -0.2) is 4.79 Å². The molecule has 1 aliphatic rings. The molecule has 92 valence electrons. The predicted octanol–water partition coefficient (Wildman–Crippen LogP) is 0.262. The molecule has 0 aromatic carbocycles. The fourth-order valence-electron chi connectivity index (χ4n) is 1.97. The van der Waals surface area contributed by atoms with Crippen molar-refractivity contribution in [2.45, 2.75) is 6.42 Å². The predicted molar refractivity (Wildman–Crippen MR) is 62.0 cm³/mol. The Balaban J connectivity index is 1.97. The van der Waals surface area contributed by atoms with Gasteiger partial charge in [0.2, 0.25) is 6.08 Å². The number of aryl methyl sites for hydroxylation is 1. The van der Waals surface area contributed by atoms with Gasteiger partial charge in [0.25, 0.3) is 0 Å². The van der Waals surface area contributed by atoms with Crippen molar-refractivity contribution in [2.24, 2.45) is 12.0 Å². The van der Waals surface area contributed by atoms with Crippen LogP contribution in [0.1, 0.15) is 5.69 Å². The Labute approximate surface area is 99.9 Å². The van der Waals surface area contributed by atoms with Gasteiger partial charge in [-0.15, -0.1) is 0 Å². The molecule has 1 aromatic heterocycles. The van der Waals surface area contributed by atoms with Crippen molar-refractivity contribution < 1.29 is 9.53 Å². The van der Waals surface area contributed by atoms with Crippen LogP contribution in [-0.2, 0) is 23.0 Å². The zero-order valence-electron chi connectivity index (χ0n) is 9.93. The standard InChI is InChI=1S/C11H16N4O2/c1-14-11(10(8-13-14)12-9-16)2-3-15-4-6-17-7-5-15/h8H,2-7H2,1H3. The monoisotopic (exact) mass is 236 g/mol. The molecule has 2 heterocycles. The summed E-state index contributed by atoms with van der Waals surface area (Å²) in [5, 5.41) is 4.10. The number of aromatic nitrogens is 2. The van der Waals surface area contributed by atoms with E-state index in [4.69, 9.17) is 4.74 Å². The van der Waals surface area contributed by atoms with Crippen LogP contribution in [0.2, 0.25) is 0 Å². The van der Waals surface area contributed by atoms with E-state index in [1.165, 1.54) is 0 Å². The maximum Gasteiger partial charge on any atom is 0.240 e. The highest BCUT2D eigenvalue weighted by Crippen LogP contribution is 2.18. The lowest BCUT2D eigenvalue weighted by atomic mass is 10.2. The summed E-state index contributed by atoms with van der Waals surface area (Å²) in [6.07, 6.45) is 3.99. The van der Waals surface area contributed by atoms with Crippen molar-refractivity contribution in [2.75, 3.05) is 32.8 Å². The molecule has 17 heavy (non-hydrogen) atoms. The van der Waals surface area contributed by atoms with E-state index < -0.39 is 0 Å². The van der Waals surface area contributed by atoms with Crippen LogP contribution in [-0.4, -0.2) is 53.6 Å². The number of rotatable bonds is 4. The smallest absolute Gasteiger partial charge is 0.240 e. The minimum Gasteiger partial charge on any atom is -0.379 e. The number of aliphatic imine (C=N–C) groups is 1. The van der Waals surface area contributed by atoms with E-state index >= 15 is 0 Å². The van der Waals surface area contributed by atoms with Gasteiger partial charge in [0, 0.05) is 33.1 Å². The second-order valence-electron chi connectivity index (χ2n) is 4.01. The molecular formula is C11H16N4O2. The van der Waals surface area contributed by atoms with E-state index in [1.54, 1.807) is 17.0 Å². The van der Waals surface area contributed by atoms with Gasteiger partial charge in [0.15, 0.2) is 0 Å². The topological polar surface area (TPSA) is 59.7 Å². The average molecular weight is 236 g/mol. The number of carbonyl (C=O) groups excluding carboxylic acids is 1. The third-order valence-corrected chi connectivity index (χ3v) is 2.97. The van der Waals surface area contributed by atoms with Crippen LogP contribution in [0.5, 0.6) is 0 Å². The Morgan fingerprint density at radius 2 is 2.29 bits per heavy atom. The highest BCUT2D eigenvalue weighted by atomic mass is 16.5. The largest absolute Gasteiger partial charge is 0.379 e. The Kier molecular flexibility index (Phi) is 4.03. The van der Waals surface area contributed by atoms with Gasteiger partial charge in [-0.2, -0.15) is 10.1 Å². The lowest BCUT2D eigenvalue weighted by Crippen LogP contribution is -2.37. The Morgan fingerprint density at radius 3 is 3.00 bits per heavy atom. The first-order chi connectivity index (χ1) is 8.31. The van der Waals surface area contributed by atoms with Gasteiger partial charge in [-0.1, -0.05) is 0 Å². The summed E-state index contributed by atoms with van der Waals surface area (Å²) in [6, 6.07) is 0. The molecule has 6 heteroatoms. The van der Waals surface area contributed by atoms with E-state index in [-0.39, 0.29) is 0 Å². The molecule has 0 amide bonds. The van der Waals surface area contributed by atoms with Crippen molar-refractivity contribution in [3.05, 3.63) is 11.9 Å². The molecule has 0 unspecified atom stereocenters. The number of morpholine rings is 1. The minimum atomic E-state index is 0.621. The quantitative estimate of drug-likeness (QED) is 0.556. The third kappa shape index (κ3) is 3.00. The summed E-state index contributed by atoms with van der Waals surface area (Å²) in [5.41, 5.74) is 1.59. The first-order valence-electron chi connectivity index (χ1n) is 5.70. The highest BCUT2D eigenvalue weighted by molar-refractivity contribution is 5.50. The van der Waals surface area contributed by atoms with E-state index in [2.05, 4.69) is 15.0 Å². The van der Waals surface area contributed by atoms with Gasteiger partial charge >= 0.3 is 0 Å². The molecule has 2 rings (SSSR count). The SMILES string of the molecule is Cn1ncc(N=C=O)c1CCN1CCOCC1. The van der Waals surface area contributed by atoms with Crippen molar-refractivity contribution in [3.8, 4) is 0 Å². The molecule has 0 spiro atoms. The summed E-state index contributed by atoms with van der Waals surface area (Å²) >= 11 is 0. The first kappa shape index (κ1) is 12.0. The molecule has 0 bridgehead atoms. The molecule has 1 saturated heterocycles. The van der Waals surface area contributed by atoms with Crippen molar-refractivity contribution >= 4 is 11.8 Å². The lowest BCUT2D eigenvalue weighted by Gasteiger charge is -2.26. The Bertz CT molecular complexity index is 417. The number of ether oxygens (including phenoxy) is 1. The Hall–Kier alpha value is -1.49. The maximum absolute atomic E-state index is 10.3. The van der Waals surface area contributed by atoms with Gasteiger partial charge in [0.1, 0.15) is 5.69 Å². The van der Waals surface area contributed by atoms with E-state index in [0.29, 0.717) is 5.69 Å². The zero-order chi connectivity index (χ0) is 12.1. The van der Waals surface area contributed by atoms with Crippen molar-refractivity contribution in [1.82, 2.24) is 14.7 Å². The molecular weight excluding hydrogens is 220 g/mol. The van der Waals surface area contributed by atoms with Gasteiger partial charge in [0.05, 0.1) is 25.1 Å². The number of isocyanates is 1. The second kappa shape index (κ2) is 5.72. The summed E-state index contributed by atoms with van der Waals surface area (Å²) in [4.78, 5) is 16.3. The fourth-order valence-corrected chi connectivity index (χ4v) is 1.97.